The van der Waals surface area contributed by atoms with Crippen molar-refractivity contribution in [3.05, 3.63) is 0 Å². The normalized spacial score (nSPS) is 15.1. The maximum Gasteiger partial charge on any atom is 0.523 e. The van der Waals surface area contributed by atoms with Crippen LogP contribution in [0.5, 0.6) is 0 Å². The molecule has 0 aliphatic heterocycles. The molecule has 0 saturated carbocycles. The fourth-order valence-corrected chi connectivity index (χ4v) is 2.24. The van der Waals surface area contributed by atoms with Crippen molar-refractivity contribution in [3.8, 4) is 0 Å². The van der Waals surface area contributed by atoms with Crippen molar-refractivity contribution in [1.82, 2.24) is 0 Å². The highest BCUT2D eigenvalue weighted by atomic mass is 32.2. The van der Waals surface area contributed by atoms with Crippen LogP contribution in [0.3, 0.4) is 0 Å². The highest BCUT2D eigenvalue weighted by Gasteiger charge is 2.48. The van der Waals surface area contributed by atoms with Crippen molar-refractivity contribution in [2.24, 2.45) is 5.92 Å². The van der Waals surface area contributed by atoms with Gasteiger partial charge < -0.3 is 0 Å². The smallest absolute Gasteiger partial charge is 0.260 e. The van der Waals surface area contributed by atoms with E-state index in [1.54, 1.807) is 13.8 Å². The molecule has 0 radical (unpaired) electrons. The maximum absolute atomic E-state index is 12.2. The lowest BCUT2D eigenvalue weighted by Gasteiger charge is -2.21. The monoisotopic (exact) mass is 290 g/mol. The van der Waals surface area contributed by atoms with Crippen LogP contribution < -0.4 is 0 Å². The van der Waals surface area contributed by atoms with E-state index in [9.17, 15) is 21.6 Å². The molecule has 110 valence electrons. The Morgan fingerprint density at radius 1 is 1.11 bits per heavy atom. The number of alkyl halides is 3. The molecule has 0 amide bonds. The molecular formula is C11H21F3O3S. The van der Waals surface area contributed by atoms with E-state index in [2.05, 4.69) is 4.18 Å². The minimum atomic E-state index is -5.48. The summed E-state index contributed by atoms with van der Waals surface area (Å²) in [6, 6.07) is 0. The van der Waals surface area contributed by atoms with Crippen molar-refractivity contribution in [2.45, 2.75) is 64.5 Å². The average molecular weight is 290 g/mol. The van der Waals surface area contributed by atoms with Gasteiger partial charge in [0.25, 0.3) is 0 Å². The minimum absolute atomic E-state index is 0.274. The third kappa shape index (κ3) is 6.04. The van der Waals surface area contributed by atoms with Gasteiger partial charge in [-0.1, -0.05) is 46.5 Å². The highest BCUT2D eigenvalue weighted by molar-refractivity contribution is 7.87. The second-order valence-electron chi connectivity index (χ2n) is 4.63. The van der Waals surface area contributed by atoms with Crippen molar-refractivity contribution in [3.63, 3.8) is 0 Å². The largest absolute Gasteiger partial charge is 0.523 e. The topological polar surface area (TPSA) is 43.4 Å². The Morgan fingerprint density at radius 3 is 2.06 bits per heavy atom. The van der Waals surface area contributed by atoms with Gasteiger partial charge in [0.1, 0.15) is 0 Å². The number of halogens is 3. The fraction of sp³-hybridized carbons (Fsp3) is 1.00. The second-order valence-corrected chi connectivity index (χ2v) is 6.19. The molecule has 0 aromatic heterocycles. The number of hydrogen-bond acceptors (Lipinski definition) is 3. The molecule has 7 heteroatoms. The van der Waals surface area contributed by atoms with Gasteiger partial charge in [-0.25, -0.2) is 0 Å². The molecule has 1 atom stereocenters. The van der Waals surface area contributed by atoms with E-state index in [4.69, 9.17) is 0 Å². The van der Waals surface area contributed by atoms with Crippen LogP contribution in [0.25, 0.3) is 0 Å². The third-order valence-electron chi connectivity index (χ3n) is 2.62. The summed E-state index contributed by atoms with van der Waals surface area (Å²) in [5, 5.41) is 0. The molecule has 0 N–H and O–H groups in total. The number of rotatable bonds is 8. The summed E-state index contributed by atoms with van der Waals surface area (Å²) in [7, 11) is -5.48. The van der Waals surface area contributed by atoms with Crippen molar-refractivity contribution in [1.29, 1.82) is 0 Å². The second kappa shape index (κ2) is 7.33. The highest BCUT2D eigenvalue weighted by Crippen LogP contribution is 2.28. The summed E-state index contributed by atoms with van der Waals surface area (Å²) < 4.78 is 62.7. The van der Waals surface area contributed by atoms with Crippen LogP contribution in [0.2, 0.25) is 0 Å². The molecule has 18 heavy (non-hydrogen) atoms. The molecule has 0 aromatic carbocycles. The van der Waals surface area contributed by atoms with Crippen LogP contribution in [0, 0.1) is 5.92 Å². The van der Waals surface area contributed by atoms with Crippen molar-refractivity contribution in [2.75, 3.05) is 0 Å². The first-order valence-electron chi connectivity index (χ1n) is 6.11. The van der Waals surface area contributed by atoms with Crippen LogP contribution >= 0.6 is 0 Å². The zero-order chi connectivity index (χ0) is 14.4. The zero-order valence-corrected chi connectivity index (χ0v) is 11.8. The fourth-order valence-electron chi connectivity index (χ4n) is 1.48. The van der Waals surface area contributed by atoms with E-state index in [1.165, 1.54) is 0 Å². The lowest BCUT2D eigenvalue weighted by Crippen LogP contribution is -2.32. The number of hydrogen-bond donors (Lipinski definition) is 0. The van der Waals surface area contributed by atoms with E-state index in [0.717, 1.165) is 19.3 Å². The Labute approximate surface area is 107 Å². The standard InChI is InChI=1S/C11H21F3O3S/c1-4-5-6-7-8-10(9(2)3)17-18(15,16)11(12,13)14/h9-10H,4-8H2,1-3H3. The molecule has 0 spiro atoms. The minimum Gasteiger partial charge on any atom is -0.260 e. The summed E-state index contributed by atoms with van der Waals surface area (Å²) >= 11 is 0. The molecule has 3 nitrogen and oxygen atoms in total. The van der Waals surface area contributed by atoms with Gasteiger partial charge in [0.15, 0.2) is 0 Å². The predicted molar refractivity (Wildman–Crippen MR) is 63.4 cm³/mol. The maximum atomic E-state index is 12.2. The SMILES string of the molecule is CCCCCCC(OS(=O)(=O)C(F)(F)F)C(C)C. The summed E-state index contributed by atoms with van der Waals surface area (Å²) in [4.78, 5) is 0. The van der Waals surface area contributed by atoms with Gasteiger partial charge in [-0.15, -0.1) is 0 Å². The van der Waals surface area contributed by atoms with E-state index >= 15 is 0 Å². The first-order chi connectivity index (χ1) is 8.12. The zero-order valence-electron chi connectivity index (χ0n) is 11.0. The molecule has 0 rings (SSSR count). The summed E-state index contributed by atoms with van der Waals surface area (Å²) in [5.41, 5.74) is -5.34. The van der Waals surface area contributed by atoms with E-state index in [0.29, 0.717) is 12.8 Å². The van der Waals surface area contributed by atoms with Gasteiger partial charge in [0.05, 0.1) is 6.10 Å². The van der Waals surface area contributed by atoms with E-state index in [1.807, 2.05) is 6.92 Å². The van der Waals surface area contributed by atoms with Gasteiger partial charge in [0.2, 0.25) is 0 Å². The van der Waals surface area contributed by atoms with Gasteiger partial charge >= 0.3 is 15.6 Å². The molecular weight excluding hydrogens is 269 g/mol. The van der Waals surface area contributed by atoms with Crippen molar-refractivity contribution >= 4 is 10.1 Å². The molecule has 0 fully saturated rings. The summed E-state index contributed by atoms with van der Waals surface area (Å²) in [6.07, 6.45) is 2.95. The first kappa shape index (κ1) is 17.7. The number of unbranched alkanes of at least 4 members (excludes halogenated alkanes) is 3. The van der Waals surface area contributed by atoms with E-state index in [-0.39, 0.29) is 5.92 Å². The lowest BCUT2D eigenvalue weighted by atomic mass is 10.0. The first-order valence-corrected chi connectivity index (χ1v) is 7.52. The molecule has 1 unspecified atom stereocenters. The third-order valence-corrected chi connectivity index (χ3v) is 3.69. The van der Waals surface area contributed by atoms with E-state index < -0.39 is 21.7 Å². The predicted octanol–water partition coefficient (Wildman–Crippen LogP) is 3.85. The molecule has 0 aliphatic carbocycles. The molecule has 0 aliphatic rings. The van der Waals surface area contributed by atoms with Gasteiger partial charge in [-0.3, -0.25) is 4.18 Å². The average Bonchev–Trinajstić information content (AvgIpc) is 2.20. The van der Waals surface area contributed by atoms with Gasteiger partial charge in [-0.2, -0.15) is 21.6 Å². The van der Waals surface area contributed by atoms with Crippen LogP contribution in [-0.4, -0.2) is 20.0 Å². The molecule has 0 heterocycles. The Balaban J connectivity index is 4.46. The molecule has 0 bridgehead atoms. The molecule has 0 saturated heterocycles. The van der Waals surface area contributed by atoms with Crippen LogP contribution in [0.15, 0.2) is 0 Å². The summed E-state index contributed by atoms with van der Waals surface area (Å²) in [6.45, 7) is 5.32. The lowest BCUT2D eigenvalue weighted by molar-refractivity contribution is -0.0593. The molecule has 0 aromatic rings. The van der Waals surface area contributed by atoms with Crippen LogP contribution in [0.4, 0.5) is 13.2 Å². The van der Waals surface area contributed by atoms with Crippen LogP contribution in [0.1, 0.15) is 52.9 Å². The van der Waals surface area contributed by atoms with Crippen LogP contribution in [-0.2, 0) is 14.3 Å². The Kier molecular flexibility index (Phi) is 7.21. The Hall–Kier alpha value is -0.300. The Bertz CT molecular complexity index is 323. The van der Waals surface area contributed by atoms with Gasteiger partial charge in [0, 0.05) is 0 Å². The summed E-state index contributed by atoms with van der Waals surface area (Å²) in [5.74, 6) is -0.274. The quantitative estimate of drug-likeness (QED) is 0.387. The van der Waals surface area contributed by atoms with Crippen molar-refractivity contribution < 1.29 is 25.8 Å². The van der Waals surface area contributed by atoms with Gasteiger partial charge in [-0.05, 0) is 12.3 Å². The Morgan fingerprint density at radius 2 is 1.67 bits per heavy atom.